The molecular formula is C35H30N4O13S4. The van der Waals surface area contributed by atoms with E-state index in [4.69, 9.17) is 0 Å². The Morgan fingerprint density at radius 3 is 1.25 bits per heavy atom. The normalized spacial score (nSPS) is 12.4. The first-order valence-corrected chi connectivity index (χ1v) is 21.7. The van der Waals surface area contributed by atoms with Crippen LogP contribution in [0.4, 0.5) is 27.5 Å². The van der Waals surface area contributed by atoms with Crippen molar-refractivity contribution in [3.63, 3.8) is 0 Å². The number of phenolic OH excluding ortho intramolecular Hbond substituents is 2. The van der Waals surface area contributed by atoms with Crippen LogP contribution in [0.2, 0.25) is 0 Å². The molecule has 0 fully saturated rings. The Balaban J connectivity index is 1.26. The van der Waals surface area contributed by atoms with Crippen LogP contribution in [-0.4, -0.2) is 59.0 Å². The van der Waals surface area contributed by atoms with Gasteiger partial charge in [-0.15, -0.1) is 0 Å². The second-order valence-corrected chi connectivity index (χ2v) is 18.5. The molecule has 0 aliphatic heterocycles. The molecule has 0 unspecified atom stereocenters. The van der Waals surface area contributed by atoms with E-state index in [1.165, 1.54) is 60.7 Å². The molecular weight excluding hydrogens is 813 g/mol. The second-order valence-electron chi connectivity index (χ2n) is 12.3. The lowest BCUT2D eigenvalue weighted by Crippen LogP contribution is -2.42. The van der Waals surface area contributed by atoms with E-state index in [2.05, 4.69) is 10.6 Å². The van der Waals surface area contributed by atoms with Gasteiger partial charge in [-0.3, -0.25) is 9.11 Å². The minimum Gasteiger partial charge on any atom is -0.506 e. The number of rotatable bonds is 10. The number of aromatic hydroxyl groups is 2. The van der Waals surface area contributed by atoms with Crippen LogP contribution < -0.4 is 20.1 Å². The van der Waals surface area contributed by atoms with E-state index in [1.807, 2.05) is 0 Å². The average Bonchev–Trinajstić information content (AvgIpc) is 3.10. The topological polar surface area (TPSA) is 283 Å². The number of fused-ring (bicyclic) bond motifs is 2. The van der Waals surface area contributed by atoms with Gasteiger partial charge in [-0.05, 0) is 84.3 Å². The van der Waals surface area contributed by atoms with Gasteiger partial charge in [0, 0.05) is 22.1 Å². The minimum absolute atomic E-state index is 0.0227. The molecule has 292 valence electrons. The van der Waals surface area contributed by atoms with Crippen LogP contribution >= 0.6 is 0 Å². The Morgan fingerprint density at radius 2 is 0.893 bits per heavy atom. The number of amides is 2. The van der Waals surface area contributed by atoms with Gasteiger partial charge in [-0.1, -0.05) is 48.5 Å². The second kappa shape index (κ2) is 14.3. The maximum absolute atomic E-state index is 13.3. The van der Waals surface area contributed by atoms with Crippen LogP contribution in [0, 0.1) is 13.8 Å². The number of hydrogen-bond acceptors (Lipinski definition) is 13. The highest BCUT2D eigenvalue weighted by atomic mass is 32.2. The van der Waals surface area contributed by atoms with E-state index in [-0.39, 0.29) is 33.5 Å². The summed E-state index contributed by atoms with van der Waals surface area (Å²) in [5.41, 5.74) is 0.459. The fraction of sp³-hybridized carbons (Fsp3) is 0.0571. The first-order valence-electron chi connectivity index (χ1n) is 15.9. The summed E-state index contributed by atoms with van der Waals surface area (Å²) in [6.07, 6.45) is 0. The van der Waals surface area contributed by atoms with E-state index < -0.39 is 77.4 Å². The average molecular weight is 843 g/mol. The lowest BCUT2D eigenvalue weighted by Gasteiger charge is -2.17. The van der Waals surface area contributed by atoms with E-state index in [9.17, 15) is 57.8 Å². The largest absolute Gasteiger partial charge is 0.506 e. The number of aryl methyl sites for hydroxylation is 2. The highest BCUT2D eigenvalue weighted by Gasteiger charge is 2.26. The number of anilines is 4. The minimum atomic E-state index is -4.80. The molecule has 6 aromatic carbocycles. The molecule has 17 nitrogen and oxygen atoms in total. The van der Waals surface area contributed by atoms with Gasteiger partial charge in [0.2, 0.25) is 0 Å². The number of sulfonamides is 2. The molecule has 0 aromatic heterocycles. The molecule has 0 saturated heterocycles. The van der Waals surface area contributed by atoms with E-state index in [0.717, 1.165) is 36.4 Å². The highest BCUT2D eigenvalue weighted by Crippen LogP contribution is 2.41. The zero-order valence-electron chi connectivity index (χ0n) is 28.8. The van der Waals surface area contributed by atoms with Gasteiger partial charge in [0.1, 0.15) is 21.3 Å². The number of carbonyl (C=O) groups is 1. The summed E-state index contributed by atoms with van der Waals surface area (Å²) in [5, 5.41) is 27.3. The Kier molecular flexibility index (Phi) is 10.1. The summed E-state index contributed by atoms with van der Waals surface area (Å²) in [6, 6.07) is 18.6. The Bertz CT molecular complexity index is 2880. The number of hydrogen-bond donors (Lipinski definition) is 8. The van der Waals surface area contributed by atoms with Crippen molar-refractivity contribution in [3.05, 3.63) is 108 Å². The summed E-state index contributed by atoms with van der Waals surface area (Å²) >= 11 is 0. The van der Waals surface area contributed by atoms with Crippen LogP contribution in [0.15, 0.2) is 117 Å². The fourth-order valence-corrected chi connectivity index (χ4v) is 9.20. The smallest absolute Gasteiger partial charge is 0.342 e. The maximum Gasteiger partial charge on any atom is 0.342 e. The molecule has 0 heterocycles. The van der Waals surface area contributed by atoms with Gasteiger partial charge in [-0.2, -0.15) is 16.8 Å². The summed E-state index contributed by atoms with van der Waals surface area (Å²) < 4.78 is 125. The first kappa shape index (κ1) is 39.7. The van der Waals surface area contributed by atoms with Gasteiger partial charge in [0.15, 0.2) is 0 Å². The highest BCUT2D eigenvalue weighted by molar-refractivity contribution is 7.91. The summed E-state index contributed by atoms with van der Waals surface area (Å²) in [6.45, 7) is 3.11. The van der Waals surface area contributed by atoms with E-state index in [1.54, 1.807) is 23.3 Å². The molecule has 0 saturated carbocycles. The first-order chi connectivity index (χ1) is 26.1. The molecule has 21 heteroatoms. The van der Waals surface area contributed by atoms with Crippen molar-refractivity contribution in [1.29, 1.82) is 0 Å². The van der Waals surface area contributed by atoms with Gasteiger partial charge in [-0.25, -0.2) is 31.1 Å². The lowest BCUT2D eigenvalue weighted by atomic mass is 10.1. The summed E-state index contributed by atoms with van der Waals surface area (Å²) in [4.78, 5) is 10.7. The van der Waals surface area contributed by atoms with Crippen LogP contribution in [0.5, 0.6) is 11.5 Å². The van der Waals surface area contributed by atoms with Crippen molar-refractivity contribution in [2.75, 3.05) is 10.6 Å². The Labute approximate surface area is 320 Å². The van der Waals surface area contributed by atoms with Crippen LogP contribution in [-0.2, 0) is 40.3 Å². The predicted molar refractivity (Wildman–Crippen MR) is 206 cm³/mol. The number of benzene rings is 6. The SMILES string of the molecule is Cc1ccc(S(=O)(=O)NC(=O)NS(=O)(=O)c2ccc(C)c(Nc3c(O)ccc4cccc(S(=O)(=O)O)c34)c2)cc1Nc1c(O)ccc2cccc(S(=O)(=O)O)c12. The van der Waals surface area contributed by atoms with Gasteiger partial charge < -0.3 is 20.8 Å². The molecule has 56 heavy (non-hydrogen) atoms. The Morgan fingerprint density at radius 1 is 0.518 bits per heavy atom. The summed E-state index contributed by atoms with van der Waals surface area (Å²) in [7, 11) is -19.2. The fourth-order valence-electron chi connectivity index (χ4n) is 5.81. The number of urea groups is 1. The van der Waals surface area contributed by atoms with Crippen LogP contribution in [0.25, 0.3) is 21.5 Å². The molecule has 0 radical (unpaired) electrons. The number of carbonyl (C=O) groups excluding carboxylic acids is 1. The molecule has 0 atom stereocenters. The zero-order chi connectivity index (χ0) is 41.0. The molecule has 0 aliphatic carbocycles. The summed E-state index contributed by atoms with van der Waals surface area (Å²) in [5.74, 6) is -0.898. The monoisotopic (exact) mass is 842 g/mol. The molecule has 2 amide bonds. The van der Waals surface area contributed by atoms with E-state index >= 15 is 0 Å². The lowest BCUT2D eigenvalue weighted by molar-refractivity contribution is 0.250. The molecule has 6 aromatic rings. The molecule has 0 spiro atoms. The standard InChI is InChI=1S/C35H30N4O13S4/c1-19-9-13-23(17-25(19)36-33-27(40)15-11-21-5-3-7-29(31(21)33)55(47,48)49)53(43,44)38-35(42)39-54(45,46)24-14-10-20(2)26(18-24)37-34-28(41)16-12-22-6-4-8-30(32(22)34)56(50,51)52/h3-18,36-37,40-41H,1-2H3,(H2,38,39,42)(H,47,48,49)(H,50,51,52). The van der Waals surface area contributed by atoms with Gasteiger partial charge >= 0.3 is 6.03 Å². The van der Waals surface area contributed by atoms with Crippen molar-refractivity contribution < 1.29 is 57.8 Å². The van der Waals surface area contributed by atoms with Crippen LogP contribution in [0.3, 0.4) is 0 Å². The van der Waals surface area contributed by atoms with Crippen molar-refractivity contribution in [3.8, 4) is 11.5 Å². The Hall–Kier alpha value is -5.97. The van der Waals surface area contributed by atoms with Gasteiger partial charge in [0.25, 0.3) is 40.3 Å². The van der Waals surface area contributed by atoms with Gasteiger partial charge in [0.05, 0.1) is 21.2 Å². The molecule has 6 rings (SSSR count). The van der Waals surface area contributed by atoms with Crippen molar-refractivity contribution >= 4 is 90.6 Å². The molecule has 8 N–H and O–H groups in total. The maximum atomic E-state index is 13.3. The number of phenols is 2. The van der Waals surface area contributed by atoms with Crippen LogP contribution in [0.1, 0.15) is 11.1 Å². The van der Waals surface area contributed by atoms with Crippen molar-refractivity contribution in [2.24, 2.45) is 0 Å². The third-order valence-corrected chi connectivity index (χ3v) is 13.0. The van der Waals surface area contributed by atoms with E-state index in [0.29, 0.717) is 21.9 Å². The third-order valence-electron chi connectivity index (χ3n) is 8.54. The molecule has 0 aliphatic rings. The predicted octanol–water partition coefficient (Wildman–Crippen LogP) is 5.38. The number of nitrogens with one attached hydrogen (secondary N) is 4. The quantitative estimate of drug-likeness (QED) is 0.0635. The zero-order valence-corrected chi connectivity index (χ0v) is 32.1. The van der Waals surface area contributed by atoms with Crippen molar-refractivity contribution in [1.82, 2.24) is 9.44 Å². The van der Waals surface area contributed by atoms with Crippen molar-refractivity contribution in [2.45, 2.75) is 33.4 Å². The third kappa shape index (κ3) is 7.89. The molecule has 0 bridgehead atoms.